The Labute approximate surface area is 119 Å². The summed E-state index contributed by atoms with van der Waals surface area (Å²) in [5.74, 6) is -1.87. The lowest BCUT2D eigenvalue weighted by atomic mass is 10.3. The van der Waals surface area contributed by atoms with E-state index in [-0.39, 0.29) is 18.2 Å². The fraction of sp³-hybridized carbons (Fsp3) is 0.667. The summed E-state index contributed by atoms with van der Waals surface area (Å²) in [5.41, 5.74) is 0. The summed E-state index contributed by atoms with van der Waals surface area (Å²) >= 11 is 0. The predicted octanol–water partition coefficient (Wildman–Crippen LogP) is 1.37. The van der Waals surface area contributed by atoms with Crippen LogP contribution < -0.4 is 0 Å². The zero-order valence-electron chi connectivity index (χ0n) is 11.9. The molecule has 20 heavy (non-hydrogen) atoms. The van der Waals surface area contributed by atoms with Crippen LogP contribution in [0.3, 0.4) is 0 Å². The van der Waals surface area contributed by atoms with E-state index in [1.807, 2.05) is 0 Å². The number of rotatable bonds is 7. The number of hydrogen-bond donors (Lipinski definition) is 0. The lowest BCUT2D eigenvalue weighted by molar-refractivity contribution is -0.152. The second-order valence-electron chi connectivity index (χ2n) is 3.97. The molecular weight excluding hydrogens is 287 g/mol. The van der Waals surface area contributed by atoms with Gasteiger partial charge in [0.05, 0.1) is 13.2 Å². The van der Waals surface area contributed by atoms with Crippen molar-refractivity contribution in [3.8, 4) is 0 Å². The van der Waals surface area contributed by atoms with Crippen LogP contribution in [0.15, 0.2) is 12.2 Å². The minimum atomic E-state index is -1.55. The zero-order valence-corrected chi connectivity index (χ0v) is 12.8. The largest absolute Gasteiger partial charge is 0.467 e. The maximum absolute atomic E-state index is 11.7. The van der Waals surface area contributed by atoms with E-state index in [9.17, 15) is 9.59 Å². The van der Waals surface area contributed by atoms with Gasteiger partial charge in [0.2, 0.25) is 14.2 Å². The van der Waals surface area contributed by atoms with Gasteiger partial charge in [-0.2, -0.15) is 0 Å². The van der Waals surface area contributed by atoms with Gasteiger partial charge < -0.3 is 23.3 Å². The summed E-state index contributed by atoms with van der Waals surface area (Å²) in [4.78, 5) is 22.6. The van der Waals surface area contributed by atoms with Crippen molar-refractivity contribution in [2.75, 3.05) is 21.3 Å². The molecule has 0 bridgehead atoms. The van der Waals surface area contributed by atoms with Crippen molar-refractivity contribution in [3.05, 3.63) is 12.2 Å². The van der Waals surface area contributed by atoms with Crippen LogP contribution in [0.25, 0.3) is 0 Å². The van der Waals surface area contributed by atoms with Gasteiger partial charge >= 0.3 is 11.9 Å². The average Bonchev–Trinajstić information content (AvgIpc) is 2.84. The molecule has 0 fully saturated rings. The van der Waals surface area contributed by atoms with Gasteiger partial charge in [-0.3, -0.25) is 4.79 Å². The molecule has 1 unspecified atom stereocenters. The third-order valence-electron chi connectivity index (χ3n) is 2.58. The summed E-state index contributed by atoms with van der Waals surface area (Å²) in [6.07, 6.45) is 3.21. The maximum atomic E-state index is 11.7. The summed E-state index contributed by atoms with van der Waals surface area (Å²) in [6.45, 7) is 1.34. The summed E-state index contributed by atoms with van der Waals surface area (Å²) in [5, 5.41) is 0. The van der Waals surface area contributed by atoms with Gasteiger partial charge in [0, 0.05) is 27.6 Å². The molecule has 114 valence electrons. The Kier molecular flexibility index (Phi) is 7.09. The number of esters is 2. The van der Waals surface area contributed by atoms with Crippen LogP contribution in [-0.4, -0.2) is 51.3 Å². The normalized spacial score (nSPS) is 22.9. The Morgan fingerprint density at radius 1 is 1.15 bits per heavy atom. The second-order valence-corrected chi connectivity index (χ2v) is 5.74. The molecule has 0 spiro atoms. The quantitative estimate of drug-likeness (QED) is 0.399. The first-order valence-electron chi connectivity index (χ1n) is 5.98. The van der Waals surface area contributed by atoms with Crippen molar-refractivity contribution in [2.45, 2.75) is 31.4 Å². The van der Waals surface area contributed by atoms with E-state index in [0.717, 1.165) is 0 Å². The number of carbonyl (C=O) groups is 2. The highest BCUT2D eigenvalue weighted by Crippen LogP contribution is 2.44. The average molecular weight is 306 g/mol. The van der Waals surface area contributed by atoms with Crippen LogP contribution >= 0.6 is 8.38 Å². The van der Waals surface area contributed by atoms with Crippen molar-refractivity contribution >= 4 is 20.3 Å². The molecule has 1 rings (SSSR count). The molecule has 0 aromatic rings. The molecule has 1 aliphatic carbocycles. The standard InChI is InChI=1S/C12H19O7P/c1-8(13)18-9-5-6-10(7-9)19-12(11(14)15-2)20(16-3)17-4/h5-6,9-10,12H,7H2,1-4H3/t9-,10+,12?/m1/s1. The Hall–Kier alpha value is -1.01. The molecule has 0 saturated carbocycles. The minimum absolute atomic E-state index is 0.341. The van der Waals surface area contributed by atoms with Crippen LogP contribution in [0.1, 0.15) is 13.3 Å². The van der Waals surface area contributed by atoms with E-state index in [1.165, 1.54) is 28.3 Å². The highest BCUT2D eigenvalue weighted by atomic mass is 31.2. The van der Waals surface area contributed by atoms with Gasteiger partial charge in [-0.25, -0.2) is 4.79 Å². The van der Waals surface area contributed by atoms with Crippen LogP contribution in [-0.2, 0) is 32.8 Å². The molecule has 0 heterocycles. The molecule has 0 aliphatic heterocycles. The minimum Gasteiger partial charge on any atom is -0.467 e. The van der Waals surface area contributed by atoms with Crippen LogP contribution in [0.4, 0.5) is 0 Å². The molecule has 0 aromatic heterocycles. The fourth-order valence-corrected chi connectivity index (χ4v) is 2.82. The smallest absolute Gasteiger partial charge is 0.344 e. The van der Waals surface area contributed by atoms with Gasteiger partial charge in [0.1, 0.15) is 6.10 Å². The van der Waals surface area contributed by atoms with Crippen LogP contribution in [0, 0.1) is 0 Å². The fourth-order valence-electron chi connectivity index (χ4n) is 1.76. The molecule has 0 radical (unpaired) electrons. The van der Waals surface area contributed by atoms with Gasteiger partial charge in [0.25, 0.3) is 0 Å². The Balaban J connectivity index is 2.61. The molecule has 1 aliphatic rings. The topological polar surface area (TPSA) is 80.3 Å². The van der Waals surface area contributed by atoms with Crippen molar-refractivity contribution in [2.24, 2.45) is 0 Å². The summed E-state index contributed by atoms with van der Waals surface area (Å²) in [6, 6.07) is 0. The van der Waals surface area contributed by atoms with E-state index in [2.05, 4.69) is 4.74 Å². The molecule has 0 saturated heterocycles. The van der Waals surface area contributed by atoms with E-state index in [1.54, 1.807) is 12.2 Å². The SMILES string of the molecule is COC(=O)C(O[C@H]1C=C[C@@H](OC(C)=O)C1)P(OC)OC. The van der Waals surface area contributed by atoms with E-state index in [4.69, 9.17) is 18.5 Å². The van der Waals surface area contributed by atoms with Gasteiger partial charge in [0.15, 0.2) is 0 Å². The van der Waals surface area contributed by atoms with Crippen molar-refractivity contribution in [3.63, 3.8) is 0 Å². The molecule has 0 aromatic carbocycles. The van der Waals surface area contributed by atoms with Crippen molar-refractivity contribution < 1.29 is 32.8 Å². The Morgan fingerprint density at radius 3 is 2.25 bits per heavy atom. The van der Waals surface area contributed by atoms with Gasteiger partial charge in [-0.15, -0.1) is 0 Å². The summed E-state index contributed by atoms with van der Waals surface area (Å²) < 4.78 is 25.6. The first kappa shape index (κ1) is 17.0. The van der Waals surface area contributed by atoms with E-state index < -0.39 is 20.2 Å². The van der Waals surface area contributed by atoms with E-state index >= 15 is 0 Å². The Morgan fingerprint density at radius 2 is 1.75 bits per heavy atom. The zero-order chi connectivity index (χ0) is 15.1. The highest BCUT2D eigenvalue weighted by Gasteiger charge is 2.35. The molecule has 8 heteroatoms. The molecule has 0 N–H and O–H groups in total. The van der Waals surface area contributed by atoms with Gasteiger partial charge in [-0.1, -0.05) is 6.08 Å². The number of hydrogen-bond acceptors (Lipinski definition) is 7. The molecular formula is C12H19O7P. The van der Waals surface area contributed by atoms with Crippen molar-refractivity contribution in [1.29, 1.82) is 0 Å². The number of carbonyl (C=O) groups excluding carboxylic acids is 2. The third kappa shape index (κ3) is 4.83. The monoisotopic (exact) mass is 306 g/mol. The first-order valence-corrected chi connectivity index (χ1v) is 7.22. The maximum Gasteiger partial charge on any atom is 0.344 e. The highest BCUT2D eigenvalue weighted by molar-refractivity contribution is 7.49. The second kappa shape index (κ2) is 8.32. The van der Waals surface area contributed by atoms with E-state index in [0.29, 0.717) is 6.42 Å². The molecule has 0 amide bonds. The van der Waals surface area contributed by atoms with Crippen molar-refractivity contribution in [1.82, 2.24) is 0 Å². The first-order chi connectivity index (χ1) is 9.51. The van der Waals surface area contributed by atoms with Crippen LogP contribution in [0.2, 0.25) is 0 Å². The Bertz CT molecular complexity index is 367. The van der Waals surface area contributed by atoms with Crippen LogP contribution in [0.5, 0.6) is 0 Å². The summed E-state index contributed by atoms with van der Waals surface area (Å²) in [7, 11) is 2.58. The number of ether oxygens (including phenoxy) is 3. The molecule has 7 nitrogen and oxygen atoms in total. The predicted molar refractivity (Wildman–Crippen MR) is 70.9 cm³/mol. The number of methoxy groups -OCH3 is 1. The van der Waals surface area contributed by atoms with Gasteiger partial charge in [-0.05, 0) is 6.08 Å². The molecule has 3 atom stereocenters. The third-order valence-corrected chi connectivity index (χ3v) is 4.02. The lowest BCUT2D eigenvalue weighted by Crippen LogP contribution is -2.29. The lowest BCUT2D eigenvalue weighted by Gasteiger charge is -2.24.